The van der Waals surface area contributed by atoms with Crippen LogP contribution in [0.3, 0.4) is 0 Å². The average Bonchev–Trinajstić information content (AvgIpc) is 3.81. The van der Waals surface area contributed by atoms with E-state index >= 15 is 4.39 Å². The quantitative estimate of drug-likeness (QED) is 0.200. The van der Waals surface area contributed by atoms with Crippen LogP contribution in [0.2, 0.25) is 0 Å². The van der Waals surface area contributed by atoms with Gasteiger partial charge in [-0.2, -0.15) is 5.10 Å². The second kappa shape index (κ2) is 15.0. The highest BCUT2D eigenvalue weighted by Gasteiger charge is 2.45. The Morgan fingerprint density at radius 2 is 1.73 bits per heavy atom. The highest BCUT2D eigenvalue weighted by molar-refractivity contribution is 6.22. The molecule has 16 nitrogen and oxygen atoms in total. The van der Waals surface area contributed by atoms with Gasteiger partial charge in [0.1, 0.15) is 23.2 Å². The van der Waals surface area contributed by atoms with E-state index in [0.29, 0.717) is 106 Å². The fourth-order valence-corrected chi connectivity index (χ4v) is 9.45. The van der Waals surface area contributed by atoms with Gasteiger partial charge in [-0.05, 0) is 80.0 Å². The molecule has 6 aliphatic rings. The van der Waals surface area contributed by atoms with Crippen molar-refractivity contribution >= 4 is 46.6 Å². The van der Waals surface area contributed by atoms with E-state index in [4.69, 9.17) is 4.74 Å². The molecule has 5 amide bonds. The van der Waals surface area contributed by atoms with Gasteiger partial charge in [-0.25, -0.2) is 13.9 Å². The van der Waals surface area contributed by atoms with Crippen LogP contribution in [-0.2, 0) is 11.3 Å². The number of piperidine rings is 3. The van der Waals surface area contributed by atoms with Gasteiger partial charge in [0, 0.05) is 88.2 Å². The highest BCUT2D eigenvalue weighted by atomic mass is 19.1. The maximum Gasteiger partial charge on any atom is 0.262 e. The van der Waals surface area contributed by atoms with Gasteiger partial charge in [-0.15, -0.1) is 0 Å². The molecular weight excluding hydrogens is 774 g/mol. The number of amides is 5. The Morgan fingerprint density at radius 1 is 0.950 bits per heavy atom. The topological polar surface area (TPSA) is 182 Å². The lowest BCUT2D eigenvalue weighted by Gasteiger charge is -2.43. The van der Waals surface area contributed by atoms with Gasteiger partial charge >= 0.3 is 0 Å². The molecule has 0 spiro atoms. The van der Waals surface area contributed by atoms with E-state index in [9.17, 15) is 29.1 Å². The minimum atomic E-state index is -1.40. The van der Waals surface area contributed by atoms with Crippen molar-refractivity contribution in [3.63, 3.8) is 0 Å². The number of ether oxygens (including phenoxy) is 1. The summed E-state index contributed by atoms with van der Waals surface area (Å²) in [6.45, 7) is 3.40. The van der Waals surface area contributed by atoms with Gasteiger partial charge < -0.3 is 35.2 Å². The summed E-state index contributed by atoms with van der Waals surface area (Å²) in [5.41, 5.74) is 2.48. The first kappa shape index (κ1) is 38.3. The van der Waals surface area contributed by atoms with Crippen molar-refractivity contribution in [1.29, 1.82) is 0 Å². The third-order valence-corrected chi connectivity index (χ3v) is 13.1. The maximum atomic E-state index is 16.4. The molecule has 2 aromatic carbocycles. The molecule has 4 fully saturated rings. The van der Waals surface area contributed by atoms with Crippen LogP contribution in [0.25, 0.3) is 5.65 Å². The Morgan fingerprint density at radius 3 is 2.50 bits per heavy atom. The average molecular weight is 820 g/mol. The van der Waals surface area contributed by atoms with Crippen molar-refractivity contribution in [2.45, 2.75) is 81.9 Å². The number of benzene rings is 2. The van der Waals surface area contributed by atoms with Crippen LogP contribution in [0.15, 0.2) is 55.0 Å². The predicted octanol–water partition coefficient (Wildman–Crippen LogP) is 3.39. The molecule has 5 aliphatic heterocycles. The summed E-state index contributed by atoms with van der Waals surface area (Å²) in [5.74, 6) is -0.846. The van der Waals surface area contributed by atoms with Crippen molar-refractivity contribution < 1.29 is 38.2 Å². The lowest BCUT2D eigenvalue weighted by molar-refractivity contribution is -0.129. The van der Waals surface area contributed by atoms with Gasteiger partial charge in [-0.1, -0.05) is 0 Å². The van der Waals surface area contributed by atoms with E-state index in [-0.39, 0.29) is 47.7 Å². The Hall–Kier alpha value is -5.94. The Bertz CT molecular complexity index is 2420. The highest BCUT2D eigenvalue weighted by Crippen LogP contribution is 2.39. The van der Waals surface area contributed by atoms with Crippen LogP contribution in [0.1, 0.15) is 98.4 Å². The summed E-state index contributed by atoms with van der Waals surface area (Å²) in [5, 5.41) is 20.0. The molecule has 2 aromatic heterocycles. The summed E-state index contributed by atoms with van der Waals surface area (Å²) in [6, 6.07) is 9.56. The molecule has 0 bridgehead atoms. The van der Waals surface area contributed by atoms with Crippen LogP contribution in [0.4, 0.5) is 15.8 Å². The van der Waals surface area contributed by atoms with E-state index in [2.05, 4.69) is 25.6 Å². The van der Waals surface area contributed by atoms with E-state index in [1.54, 1.807) is 42.7 Å². The zero-order valence-corrected chi connectivity index (χ0v) is 33.0. The first-order valence-electron chi connectivity index (χ1n) is 20.9. The van der Waals surface area contributed by atoms with Crippen LogP contribution < -0.4 is 20.3 Å². The largest absolute Gasteiger partial charge is 0.491 e. The number of aliphatic hydroxyl groups is 1. The molecular formula is C43H46FN9O7. The van der Waals surface area contributed by atoms with Crippen molar-refractivity contribution in [2.75, 3.05) is 49.5 Å². The fourth-order valence-electron chi connectivity index (χ4n) is 9.45. The van der Waals surface area contributed by atoms with E-state index in [0.717, 1.165) is 29.0 Å². The molecule has 7 heterocycles. The second-order valence-electron chi connectivity index (χ2n) is 17.1. The number of likely N-dealkylation sites (tertiary alicyclic amines) is 1. The molecule has 0 radical (unpaired) electrons. The molecule has 2 unspecified atom stereocenters. The minimum Gasteiger partial charge on any atom is -0.491 e. The van der Waals surface area contributed by atoms with Gasteiger partial charge in [0.05, 0.1) is 35.7 Å². The lowest BCUT2D eigenvalue weighted by atomic mass is 9.91. The third kappa shape index (κ3) is 7.02. The summed E-state index contributed by atoms with van der Waals surface area (Å²) < 4.78 is 24.2. The van der Waals surface area contributed by atoms with Crippen LogP contribution >= 0.6 is 0 Å². The number of carbonyl (C=O) groups excluding carboxylic acids is 5. The Labute approximate surface area is 344 Å². The Kier molecular flexibility index (Phi) is 9.54. The second-order valence-corrected chi connectivity index (χ2v) is 17.1. The maximum absolute atomic E-state index is 16.4. The number of nitrogens with zero attached hydrogens (tertiary/aromatic N) is 7. The summed E-state index contributed by atoms with van der Waals surface area (Å²) >= 11 is 0. The molecule has 4 aromatic rings. The summed E-state index contributed by atoms with van der Waals surface area (Å²) in [7, 11) is 0. The van der Waals surface area contributed by atoms with Gasteiger partial charge in [0.25, 0.3) is 23.6 Å². The molecule has 60 heavy (non-hydrogen) atoms. The van der Waals surface area contributed by atoms with E-state index < -0.39 is 29.8 Å². The standard InChI is InChI=1S/C43H46FN9O7/c44-43(10-16-50(17-11-43)28-4-5-29-31(19-28)42(59)53(41(29)58)34-6-7-36(54)48-39(34)56)24-49-14-8-27(9-15-49)51-22-26-18-33(35(20-30(26)40(51)57)60-23-25-2-3-25)47-38(55)32-21-46-52-13-1-12-45-37(32)52/h1,4-5,12-13,18-21,25,27,34,39,56H,2-3,6-11,14-17,22-24H2,(H,47,55)(H,48,54). The first-order chi connectivity index (χ1) is 29.0. The minimum absolute atomic E-state index is 0.0113. The van der Waals surface area contributed by atoms with Gasteiger partial charge in [0.15, 0.2) is 5.65 Å². The summed E-state index contributed by atoms with van der Waals surface area (Å²) in [6.07, 6.45) is 7.98. The monoisotopic (exact) mass is 819 g/mol. The number of fused-ring (bicyclic) bond motifs is 3. The number of carbonyl (C=O) groups is 5. The zero-order valence-electron chi connectivity index (χ0n) is 33.0. The molecule has 2 atom stereocenters. The molecule has 3 saturated heterocycles. The van der Waals surface area contributed by atoms with Crippen LogP contribution in [0, 0.1) is 5.92 Å². The molecule has 312 valence electrons. The van der Waals surface area contributed by atoms with Crippen molar-refractivity contribution in [2.24, 2.45) is 5.92 Å². The van der Waals surface area contributed by atoms with Crippen LogP contribution in [-0.4, -0.2) is 127 Å². The number of aliphatic hydroxyl groups excluding tert-OH is 1. The normalized spacial score (nSPS) is 23.3. The lowest BCUT2D eigenvalue weighted by Crippen LogP contribution is -2.57. The number of aromatic nitrogens is 3. The summed E-state index contributed by atoms with van der Waals surface area (Å²) in [4.78, 5) is 77.1. The van der Waals surface area contributed by atoms with Crippen molar-refractivity contribution in [1.82, 2.24) is 34.6 Å². The third-order valence-electron chi connectivity index (χ3n) is 13.1. The SMILES string of the molecule is O=C1CCC(N2C(=O)c3ccc(N4CCC(F)(CN5CCC(N6Cc7cc(NC(=O)c8cnn9cccnc89)c(OCC8CC8)cc7C6=O)CC5)CC4)cc3C2=O)C(O)N1. The number of imide groups is 1. The molecule has 1 aliphatic carbocycles. The van der Waals surface area contributed by atoms with Crippen molar-refractivity contribution in [3.05, 3.63) is 82.8 Å². The first-order valence-corrected chi connectivity index (χ1v) is 20.9. The number of hydrogen-bond acceptors (Lipinski definition) is 11. The smallest absolute Gasteiger partial charge is 0.262 e. The predicted molar refractivity (Wildman–Crippen MR) is 214 cm³/mol. The molecule has 3 N–H and O–H groups in total. The van der Waals surface area contributed by atoms with Gasteiger partial charge in [0.2, 0.25) is 5.91 Å². The number of nitrogens with one attached hydrogen (secondary N) is 2. The molecule has 10 rings (SSSR count). The fraction of sp³-hybridized carbons (Fsp3) is 0.465. The number of alkyl halides is 1. The Balaban J connectivity index is 0.748. The number of anilines is 2. The van der Waals surface area contributed by atoms with Gasteiger partial charge in [-0.3, -0.25) is 28.9 Å². The molecule has 1 saturated carbocycles. The molecule has 17 heteroatoms. The van der Waals surface area contributed by atoms with Crippen LogP contribution in [0.5, 0.6) is 5.75 Å². The van der Waals surface area contributed by atoms with E-state index in [1.165, 1.54) is 10.7 Å². The number of rotatable bonds is 10. The van der Waals surface area contributed by atoms with E-state index in [1.807, 2.05) is 15.9 Å². The number of halogens is 1. The number of hydrogen-bond donors (Lipinski definition) is 3. The van der Waals surface area contributed by atoms with Crippen molar-refractivity contribution in [3.8, 4) is 5.75 Å². The zero-order chi connectivity index (χ0) is 41.3.